The second-order valence-electron chi connectivity index (χ2n) is 7.57. The Morgan fingerprint density at radius 2 is 2.00 bits per heavy atom. The van der Waals surface area contributed by atoms with Gasteiger partial charge in [0.25, 0.3) is 0 Å². The fourth-order valence-electron chi connectivity index (χ4n) is 4.24. The summed E-state index contributed by atoms with van der Waals surface area (Å²) in [6.45, 7) is 5.80. The van der Waals surface area contributed by atoms with Crippen LogP contribution in [0.4, 0.5) is 4.79 Å². The molecule has 1 heterocycles. The van der Waals surface area contributed by atoms with Gasteiger partial charge in [-0.05, 0) is 37.9 Å². The van der Waals surface area contributed by atoms with Crippen LogP contribution in [0.5, 0.6) is 11.5 Å². The second-order valence-corrected chi connectivity index (χ2v) is 7.57. The summed E-state index contributed by atoms with van der Waals surface area (Å²) in [6.07, 6.45) is 5.59. The minimum Gasteiger partial charge on any atom is -0.497 e. The molecule has 27 heavy (non-hydrogen) atoms. The number of likely N-dealkylation sites (N-methyl/N-ethyl adjacent to an activating group) is 1. The number of rotatable bonds is 7. The smallest absolute Gasteiger partial charge is 0.318 e. The molecule has 1 aromatic carbocycles. The number of urea groups is 1. The predicted molar refractivity (Wildman–Crippen MR) is 106 cm³/mol. The van der Waals surface area contributed by atoms with E-state index in [1.165, 1.54) is 12.8 Å². The van der Waals surface area contributed by atoms with E-state index >= 15 is 0 Å². The minimum atomic E-state index is 0.0581. The van der Waals surface area contributed by atoms with Crippen molar-refractivity contribution in [2.24, 2.45) is 0 Å². The Kier molecular flexibility index (Phi) is 6.83. The summed E-state index contributed by atoms with van der Waals surface area (Å²) in [5.74, 6) is 1.53. The summed E-state index contributed by atoms with van der Waals surface area (Å²) in [4.78, 5) is 17.5. The molecule has 2 amide bonds. The highest BCUT2D eigenvalue weighted by atomic mass is 16.5. The van der Waals surface area contributed by atoms with E-state index in [9.17, 15) is 4.79 Å². The Morgan fingerprint density at radius 3 is 2.63 bits per heavy atom. The van der Waals surface area contributed by atoms with E-state index in [-0.39, 0.29) is 12.1 Å². The quantitative estimate of drug-likeness (QED) is 0.795. The molecule has 2 fully saturated rings. The third-order valence-electron chi connectivity index (χ3n) is 5.91. The summed E-state index contributed by atoms with van der Waals surface area (Å²) in [5, 5.41) is 3.28. The first-order valence-corrected chi connectivity index (χ1v) is 10.1. The molecule has 3 rings (SSSR count). The monoisotopic (exact) mass is 375 g/mol. The molecule has 1 unspecified atom stereocenters. The molecular weight excluding hydrogens is 342 g/mol. The van der Waals surface area contributed by atoms with Crippen molar-refractivity contribution >= 4 is 6.03 Å². The van der Waals surface area contributed by atoms with E-state index in [0.717, 1.165) is 56.0 Å². The fourth-order valence-corrected chi connectivity index (χ4v) is 4.24. The molecule has 0 spiro atoms. The molecule has 6 heteroatoms. The number of carbonyl (C=O) groups is 1. The summed E-state index contributed by atoms with van der Waals surface area (Å²) in [5.41, 5.74) is 1.02. The maximum absolute atomic E-state index is 13.1. The molecule has 1 aliphatic heterocycles. The van der Waals surface area contributed by atoms with Gasteiger partial charge >= 0.3 is 6.03 Å². The van der Waals surface area contributed by atoms with Crippen molar-refractivity contribution in [1.29, 1.82) is 0 Å². The molecule has 1 aliphatic carbocycles. The first-order valence-electron chi connectivity index (χ1n) is 10.1. The van der Waals surface area contributed by atoms with Crippen LogP contribution in [0.3, 0.4) is 0 Å². The van der Waals surface area contributed by atoms with E-state index in [1.807, 2.05) is 23.1 Å². The van der Waals surface area contributed by atoms with Gasteiger partial charge in [-0.3, -0.25) is 0 Å². The average Bonchev–Trinajstić information content (AvgIpc) is 3.37. The maximum Gasteiger partial charge on any atom is 0.318 e. The predicted octanol–water partition coefficient (Wildman–Crippen LogP) is 3.25. The lowest BCUT2D eigenvalue weighted by molar-refractivity contribution is 0.166. The highest BCUT2D eigenvalue weighted by molar-refractivity contribution is 5.75. The first kappa shape index (κ1) is 19.8. The molecule has 150 valence electrons. The van der Waals surface area contributed by atoms with Crippen molar-refractivity contribution in [3.05, 3.63) is 23.8 Å². The lowest BCUT2D eigenvalue weighted by atomic mass is 10.1. The molecule has 1 aromatic rings. The second kappa shape index (κ2) is 9.31. The van der Waals surface area contributed by atoms with E-state index in [1.54, 1.807) is 14.2 Å². The summed E-state index contributed by atoms with van der Waals surface area (Å²) >= 11 is 0. The van der Waals surface area contributed by atoms with Gasteiger partial charge in [-0.25, -0.2) is 4.79 Å². The Labute approximate surface area is 162 Å². The van der Waals surface area contributed by atoms with Gasteiger partial charge in [-0.15, -0.1) is 0 Å². The van der Waals surface area contributed by atoms with Gasteiger partial charge in [0.1, 0.15) is 11.5 Å². The Bertz CT molecular complexity index is 631. The van der Waals surface area contributed by atoms with Gasteiger partial charge in [-0.2, -0.15) is 0 Å². The van der Waals surface area contributed by atoms with Crippen LogP contribution >= 0.6 is 0 Å². The third kappa shape index (κ3) is 4.86. The van der Waals surface area contributed by atoms with Crippen LogP contribution in [0, 0.1) is 0 Å². The van der Waals surface area contributed by atoms with Crippen LogP contribution in [0.15, 0.2) is 18.2 Å². The third-order valence-corrected chi connectivity index (χ3v) is 5.91. The maximum atomic E-state index is 13.1. The molecule has 1 saturated heterocycles. The molecule has 0 aromatic heterocycles. The largest absolute Gasteiger partial charge is 0.497 e. The van der Waals surface area contributed by atoms with Crippen LogP contribution < -0.4 is 14.8 Å². The zero-order chi connectivity index (χ0) is 19.2. The number of hydrogen-bond donors (Lipinski definition) is 1. The Hall–Kier alpha value is -1.95. The van der Waals surface area contributed by atoms with Crippen molar-refractivity contribution in [2.45, 2.75) is 57.7 Å². The summed E-state index contributed by atoms with van der Waals surface area (Å²) in [7, 11) is 3.31. The number of carbonyl (C=O) groups excluding carboxylic acids is 1. The minimum absolute atomic E-state index is 0.0581. The fraction of sp³-hybridized carbons (Fsp3) is 0.667. The number of nitrogens with one attached hydrogen (secondary N) is 1. The van der Waals surface area contributed by atoms with Gasteiger partial charge in [0.05, 0.1) is 20.8 Å². The van der Waals surface area contributed by atoms with E-state index in [0.29, 0.717) is 12.6 Å². The van der Waals surface area contributed by atoms with E-state index in [2.05, 4.69) is 17.1 Å². The number of likely N-dealkylation sites (tertiary alicyclic amines) is 1. The van der Waals surface area contributed by atoms with Crippen molar-refractivity contribution < 1.29 is 14.3 Å². The zero-order valence-corrected chi connectivity index (χ0v) is 16.9. The molecule has 1 N–H and O–H groups in total. The van der Waals surface area contributed by atoms with Crippen LogP contribution in [-0.2, 0) is 6.54 Å². The van der Waals surface area contributed by atoms with Crippen LogP contribution in [0.25, 0.3) is 0 Å². The number of benzene rings is 1. The van der Waals surface area contributed by atoms with Gasteiger partial charge in [0.2, 0.25) is 0 Å². The lowest BCUT2D eigenvalue weighted by Crippen LogP contribution is -2.48. The Morgan fingerprint density at radius 1 is 1.22 bits per heavy atom. The van der Waals surface area contributed by atoms with Crippen molar-refractivity contribution in [2.75, 3.05) is 33.9 Å². The van der Waals surface area contributed by atoms with Gasteiger partial charge in [0, 0.05) is 36.8 Å². The van der Waals surface area contributed by atoms with E-state index in [4.69, 9.17) is 9.47 Å². The lowest BCUT2D eigenvalue weighted by Gasteiger charge is -2.31. The number of methoxy groups -OCH3 is 2. The molecule has 1 saturated carbocycles. The average molecular weight is 376 g/mol. The molecule has 2 aliphatic rings. The van der Waals surface area contributed by atoms with Crippen LogP contribution in [0.2, 0.25) is 0 Å². The summed E-state index contributed by atoms with van der Waals surface area (Å²) in [6, 6.07) is 6.43. The molecular formula is C21H33N3O3. The van der Waals surface area contributed by atoms with Crippen LogP contribution in [-0.4, -0.2) is 61.8 Å². The van der Waals surface area contributed by atoms with Crippen molar-refractivity contribution in [1.82, 2.24) is 15.1 Å². The van der Waals surface area contributed by atoms with Gasteiger partial charge in [-0.1, -0.05) is 19.8 Å². The highest BCUT2D eigenvalue weighted by Gasteiger charge is 2.30. The number of nitrogens with zero attached hydrogens (tertiary/aromatic N) is 2. The first-order chi connectivity index (χ1) is 13.1. The van der Waals surface area contributed by atoms with Gasteiger partial charge < -0.3 is 24.6 Å². The normalized spacial score (nSPS) is 20.6. The van der Waals surface area contributed by atoms with Crippen molar-refractivity contribution in [3.8, 4) is 11.5 Å². The highest BCUT2D eigenvalue weighted by Crippen LogP contribution is 2.30. The number of amides is 2. The molecule has 6 nitrogen and oxygen atoms in total. The zero-order valence-electron chi connectivity index (χ0n) is 16.9. The van der Waals surface area contributed by atoms with E-state index < -0.39 is 0 Å². The van der Waals surface area contributed by atoms with Crippen LogP contribution in [0.1, 0.15) is 44.6 Å². The van der Waals surface area contributed by atoms with Crippen molar-refractivity contribution in [3.63, 3.8) is 0 Å². The molecule has 0 radical (unpaired) electrons. The SMILES string of the molecule is CCN1CCC(NC(=O)N(Cc2ccc(OC)cc2OC)C2CCCC2)C1. The molecule has 0 bridgehead atoms. The summed E-state index contributed by atoms with van der Waals surface area (Å²) < 4.78 is 10.8. The number of hydrogen-bond acceptors (Lipinski definition) is 4. The topological polar surface area (TPSA) is 54.0 Å². The number of ether oxygens (including phenoxy) is 2. The molecule has 1 atom stereocenters. The standard InChI is InChI=1S/C21H33N3O3/c1-4-23-12-11-17(15-23)22-21(25)24(18-7-5-6-8-18)14-16-9-10-19(26-2)13-20(16)27-3/h9-10,13,17-18H,4-8,11-12,14-15H2,1-3H3,(H,22,25). The van der Waals surface area contributed by atoms with Gasteiger partial charge in [0.15, 0.2) is 0 Å². The Balaban J connectivity index is 1.73.